The van der Waals surface area contributed by atoms with E-state index < -0.39 is 15.6 Å². The molecule has 0 aliphatic rings. The van der Waals surface area contributed by atoms with Crippen molar-refractivity contribution in [3.8, 4) is 0 Å². The topological polar surface area (TPSA) is 57.6 Å². The Morgan fingerprint density at radius 3 is 2.44 bits per heavy atom. The highest BCUT2D eigenvalue weighted by atomic mass is 79.9. The highest BCUT2D eigenvalue weighted by Crippen LogP contribution is 2.30. The summed E-state index contributed by atoms with van der Waals surface area (Å²) in [7, 11) is -2.32. The Bertz CT molecular complexity index is 545. The van der Waals surface area contributed by atoms with Crippen LogP contribution in [-0.2, 0) is 10.0 Å². The molecule has 0 aliphatic carbocycles. The quantitative estimate of drug-likeness (QED) is 0.902. The molecule has 0 saturated carbocycles. The van der Waals surface area contributed by atoms with E-state index in [9.17, 15) is 13.5 Å². The number of hydrogen-bond donors (Lipinski definition) is 1. The van der Waals surface area contributed by atoms with Crippen molar-refractivity contribution in [2.75, 3.05) is 13.7 Å². The van der Waals surface area contributed by atoms with Gasteiger partial charge in [0, 0.05) is 11.5 Å². The monoisotopic (exact) mass is 355 g/mol. The summed E-state index contributed by atoms with van der Waals surface area (Å²) in [6.07, 6.45) is 0. The third-order valence-electron chi connectivity index (χ3n) is 2.77. The van der Waals surface area contributed by atoms with Crippen molar-refractivity contribution in [3.05, 3.63) is 27.7 Å². The van der Waals surface area contributed by atoms with Crippen LogP contribution in [0.1, 0.15) is 13.8 Å². The minimum atomic E-state index is -3.74. The summed E-state index contributed by atoms with van der Waals surface area (Å²) >= 11 is 9.17. The van der Waals surface area contributed by atoms with Gasteiger partial charge in [-0.3, -0.25) is 0 Å². The molecule has 7 heteroatoms. The molecule has 0 spiro atoms. The van der Waals surface area contributed by atoms with E-state index in [1.807, 2.05) is 0 Å². The van der Waals surface area contributed by atoms with E-state index in [1.54, 1.807) is 19.9 Å². The lowest BCUT2D eigenvalue weighted by atomic mass is 10.1. The molecule has 1 N–H and O–H groups in total. The highest BCUT2D eigenvalue weighted by molar-refractivity contribution is 9.10. The van der Waals surface area contributed by atoms with Crippen molar-refractivity contribution in [3.63, 3.8) is 0 Å². The number of benzene rings is 1. The molecule has 0 aromatic heterocycles. The second-order valence-electron chi connectivity index (χ2n) is 4.52. The average Bonchev–Trinajstić information content (AvgIpc) is 2.27. The maximum atomic E-state index is 12.4. The molecule has 1 rings (SSSR count). The lowest BCUT2D eigenvalue weighted by Gasteiger charge is -2.32. The summed E-state index contributed by atoms with van der Waals surface area (Å²) in [6.45, 7) is 2.99. The van der Waals surface area contributed by atoms with Gasteiger partial charge in [0.15, 0.2) is 0 Å². The molecule has 0 heterocycles. The zero-order valence-electron chi connectivity index (χ0n) is 10.3. The van der Waals surface area contributed by atoms with E-state index in [4.69, 9.17) is 11.6 Å². The third kappa shape index (κ3) is 3.05. The van der Waals surface area contributed by atoms with Crippen LogP contribution in [0.2, 0.25) is 5.02 Å². The predicted molar refractivity (Wildman–Crippen MR) is 75.3 cm³/mol. The van der Waals surface area contributed by atoms with E-state index in [0.29, 0.717) is 4.47 Å². The maximum absolute atomic E-state index is 12.4. The van der Waals surface area contributed by atoms with Gasteiger partial charge in [-0.1, -0.05) is 27.5 Å². The first-order chi connectivity index (χ1) is 8.13. The predicted octanol–water partition coefficient (Wildman–Crippen LogP) is 2.49. The standard InChI is InChI=1S/C11H15BrClNO3S/c1-11(2,7-15)14(3)18(16,17)10-5-4-8(12)6-9(10)13/h4-6,15H,7H2,1-3H3. The first-order valence-electron chi connectivity index (χ1n) is 5.18. The Morgan fingerprint density at radius 2 is 2.00 bits per heavy atom. The van der Waals surface area contributed by atoms with Crippen LogP contribution in [0.25, 0.3) is 0 Å². The van der Waals surface area contributed by atoms with E-state index in [2.05, 4.69) is 15.9 Å². The lowest BCUT2D eigenvalue weighted by Crippen LogP contribution is -2.47. The minimum absolute atomic E-state index is 0.0244. The number of rotatable bonds is 4. The van der Waals surface area contributed by atoms with Gasteiger partial charge in [0.2, 0.25) is 10.0 Å². The van der Waals surface area contributed by atoms with Crippen LogP contribution in [0.15, 0.2) is 27.6 Å². The Balaban J connectivity index is 3.30. The van der Waals surface area contributed by atoms with E-state index in [-0.39, 0.29) is 16.5 Å². The second-order valence-corrected chi connectivity index (χ2v) is 7.78. The van der Waals surface area contributed by atoms with Gasteiger partial charge in [0.25, 0.3) is 0 Å². The normalized spacial score (nSPS) is 13.1. The fraction of sp³-hybridized carbons (Fsp3) is 0.455. The average molecular weight is 357 g/mol. The van der Waals surface area contributed by atoms with Crippen molar-refractivity contribution in [1.82, 2.24) is 4.31 Å². The molecule has 18 heavy (non-hydrogen) atoms. The molecule has 4 nitrogen and oxygen atoms in total. The molecule has 1 aromatic rings. The summed E-state index contributed by atoms with van der Waals surface area (Å²) in [6, 6.07) is 4.57. The smallest absolute Gasteiger partial charge is 0.244 e. The maximum Gasteiger partial charge on any atom is 0.244 e. The number of aliphatic hydroxyl groups excluding tert-OH is 1. The van der Waals surface area contributed by atoms with Crippen molar-refractivity contribution >= 4 is 37.6 Å². The van der Waals surface area contributed by atoms with Crippen LogP contribution in [0.4, 0.5) is 0 Å². The van der Waals surface area contributed by atoms with Crippen LogP contribution in [0.3, 0.4) is 0 Å². The molecule has 0 unspecified atom stereocenters. The van der Waals surface area contributed by atoms with E-state index >= 15 is 0 Å². The van der Waals surface area contributed by atoms with Crippen molar-refractivity contribution in [1.29, 1.82) is 0 Å². The molecular weight excluding hydrogens is 342 g/mol. The number of sulfonamides is 1. The summed E-state index contributed by atoms with van der Waals surface area (Å²) in [5.41, 5.74) is -0.894. The first-order valence-corrected chi connectivity index (χ1v) is 7.79. The zero-order valence-corrected chi connectivity index (χ0v) is 13.5. The number of nitrogens with zero attached hydrogens (tertiary/aromatic N) is 1. The lowest BCUT2D eigenvalue weighted by molar-refractivity contribution is 0.138. The van der Waals surface area contributed by atoms with E-state index in [0.717, 1.165) is 4.31 Å². The first kappa shape index (κ1) is 15.9. The fourth-order valence-electron chi connectivity index (χ4n) is 1.26. The fourth-order valence-corrected chi connectivity index (χ4v) is 3.77. The minimum Gasteiger partial charge on any atom is -0.394 e. The van der Waals surface area contributed by atoms with Crippen LogP contribution >= 0.6 is 27.5 Å². The van der Waals surface area contributed by atoms with Crippen molar-refractivity contribution < 1.29 is 13.5 Å². The second kappa shape index (κ2) is 5.46. The van der Waals surface area contributed by atoms with Gasteiger partial charge in [-0.15, -0.1) is 0 Å². The van der Waals surface area contributed by atoms with Gasteiger partial charge in [-0.05, 0) is 32.0 Å². The molecule has 0 fully saturated rings. The third-order valence-corrected chi connectivity index (χ3v) is 5.82. The van der Waals surface area contributed by atoms with Gasteiger partial charge in [0.05, 0.1) is 17.2 Å². The van der Waals surface area contributed by atoms with Crippen LogP contribution < -0.4 is 0 Å². The summed E-state index contributed by atoms with van der Waals surface area (Å²) in [5.74, 6) is 0. The molecule has 1 aromatic carbocycles. The molecule has 0 atom stereocenters. The number of halogens is 2. The van der Waals surface area contributed by atoms with Crippen LogP contribution in [-0.4, -0.2) is 37.0 Å². The van der Waals surface area contributed by atoms with Crippen LogP contribution in [0.5, 0.6) is 0 Å². The Morgan fingerprint density at radius 1 is 1.44 bits per heavy atom. The number of likely N-dealkylation sites (N-methyl/N-ethyl adjacent to an activating group) is 1. The molecule has 0 saturated heterocycles. The van der Waals surface area contributed by atoms with Crippen LogP contribution in [0, 0.1) is 0 Å². The molecule has 0 radical (unpaired) electrons. The molecular formula is C11H15BrClNO3S. The number of hydrogen-bond acceptors (Lipinski definition) is 3. The number of aliphatic hydroxyl groups is 1. The summed E-state index contributed by atoms with van der Waals surface area (Å²) < 4.78 is 26.6. The molecule has 0 bridgehead atoms. The summed E-state index contributed by atoms with van der Waals surface area (Å²) in [4.78, 5) is 0.0244. The van der Waals surface area contributed by atoms with Gasteiger partial charge in [0.1, 0.15) is 4.90 Å². The van der Waals surface area contributed by atoms with Crippen molar-refractivity contribution in [2.45, 2.75) is 24.3 Å². The van der Waals surface area contributed by atoms with Gasteiger partial charge >= 0.3 is 0 Å². The highest BCUT2D eigenvalue weighted by Gasteiger charge is 2.34. The van der Waals surface area contributed by atoms with Gasteiger partial charge < -0.3 is 5.11 Å². The SMILES string of the molecule is CN(C(C)(C)CO)S(=O)(=O)c1ccc(Br)cc1Cl. The molecule has 0 aliphatic heterocycles. The zero-order chi connectivity index (χ0) is 14.1. The molecule has 102 valence electrons. The van der Waals surface area contributed by atoms with Crippen molar-refractivity contribution in [2.24, 2.45) is 0 Å². The largest absolute Gasteiger partial charge is 0.394 e. The molecule has 0 amide bonds. The Hall–Kier alpha value is -0.140. The van der Waals surface area contributed by atoms with E-state index in [1.165, 1.54) is 19.2 Å². The van der Waals surface area contributed by atoms with Gasteiger partial charge in [-0.25, -0.2) is 8.42 Å². The summed E-state index contributed by atoms with van der Waals surface area (Å²) in [5, 5.41) is 9.38. The van der Waals surface area contributed by atoms with Gasteiger partial charge in [-0.2, -0.15) is 4.31 Å². The Kier molecular flexibility index (Phi) is 4.83. The Labute approximate surface area is 121 Å².